The van der Waals surface area contributed by atoms with E-state index in [1.807, 2.05) is 19.1 Å². The third-order valence-corrected chi connectivity index (χ3v) is 5.04. The van der Waals surface area contributed by atoms with Gasteiger partial charge in [-0.05, 0) is 44.0 Å². The van der Waals surface area contributed by atoms with Crippen molar-refractivity contribution in [3.8, 4) is 5.88 Å². The molecule has 0 amide bonds. The van der Waals surface area contributed by atoms with Gasteiger partial charge >= 0.3 is 12.1 Å². The fourth-order valence-electron chi connectivity index (χ4n) is 3.69. The molecule has 31 heavy (non-hydrogen) atoms. The van der Waals surface area contributed by atoms with E-state index in [9.17, 15) is 17.6 Å². The molecule has 1 aliphatic carbocycles. The van der Waals surface area contributed by atoms with Crippen molar-refractivity contribution in [3.63, 3.8) is 0 Å². The zero-order valence-electron chi connectivity index (χ0n) is 16.6. The molecule has 2 fully saturated rings. The largest absolute Gasteiger partial charge is 0.490 e. The lowest BCUT2D eigenvalue weighted by atomic mass is 10.1. The van der Waals surface area contributed by atoms with Crippen molar-refractivity contribution in [3.05, 3.63) is 47.8 Å². The summed E-state index contributed by atoms with van der Waals surface area (Å²) < 4.78 is 63.0. The highest BCUT2D eigenvalue weighted by atomic mass is 19.4. The number of aromatic nitrogens is 1. The molecule has 0 radical (unpaired) electrons. The highest BCUT2D eigenvalue weighted by molar-refractivity contribution is 5.73. The number of carboxylic acids is 1. The van der Waals surface area contributed by atoms with Crippen LogP contribution in [0.5, 0.6) is 5.88 Å². The van der Waals surface area contributed by atoms with E-state index in [2.05, 4.69) is 9.88 Å². The molecule has 0 bridgehead atoms. The second kappa shape index (κ2) is 9.65. The standard InChI is InChI=1S/C18H21FN2O3.C2HF3O2/c1-12-4-5-13(23-12)11-21-9-10-22-17-15(21)6-7-16(17)24-18-14(19)3-2-8-20-18;3-2(4,5)1(6)7/h2-5,8,15-17H,6-7,9-11H2,1H3;(H,6,7)/t15-,16+,17+;/m0./s1. The number of carboxylic acid groups (broad SMARTS) is 1. The highest BCUT2D eigenvalue weighted by Crippen LogP contribution is 2.34. The molecule has 0 unspecified atom stereocenters. The molecule has 2 aliphatic rings. The molecule has 0 spiro atoms. The molecular weight excluding hydrogens is 424 g/mol. The predicted molar refractivity (Wildman–Crippen MR) is 98.9 cm³/mol. The van der Waals surface area contributed by atoms with E-state index in [0.29, 0.717) is 6.61 Å². The van der Waals surface area contributed by atoms with Gasteiger partial charge in [0.2, 0.25) is 0 Å². The van der Waals surface area contributed by atoms with E-state index in [1.54, 1.807) is 6.07 Å². The number of carbonyl (C=O) groups is 1. The molecule has 1 saturated heterocycles. The van der Waals surface area contributed by atoms with E-state index >= 15 is 0 Å². The van der Waals surface area contributed by atoms with E-state index in [1.165, 1.54) is 12.3 Å². The predicted octanol–water partition coefficient (Wildman–Crippen LogP) is 3.57. The van der Waals surface area contributed by atoms with Crippen LogP contribution in [0.4, 0.5) is 17.6 Å². The third kappa shape index (κ3) is 5.95. The van der Waals surface area contributed by atoms with Crippen molar-refractivity contribution in [2.24, 2.45) is 0 Å². The van der Waals surface area contributed by atoms with Crippen LogP contribution in [0.25, 0.3) is 0 Å². The SMILES string of the molecule is Cc1ccc(CN2CCO[C@H]3[C@H](Oc4ncccc4F)CC[C@@H]32)o1.O=C(O)C(F)(F)F. The van der Waals surface area contributed by atoms with Gasteiger partial charge in [-0.15, -0.1) is 0 Å². The fourth-order valence-corrected chi connectivity index (χ4v) is 3.69. The first-order chi connectivity index (χ1) is 14.6. The van der Waals surface area contributed by atoms with Gasteiger partial charge in [-0.25, -0.2) is 14.2 Å². The Morgan fingerprint density at radius 2 is 2.06 bits per heavy atom. The lowest BCUT2D eigenvalue weighted by Gasteiger charge is -2.38. The Kier molecular flexibility index (Phi) is 7.16. The average molecular weight is 446 g/mol. The second-order valence-corrected chi connectivity index (χ2v) is 7.21. The monoisotopic (exact) mass is 446 g/mol. The molecule has 4 rings (SSSR count). The van der Waals surface area contributed by atoms with Gasteiger partial charge in [-0.1, -0.05) is 0 Å². The first-order valence-electron chi connectivity index (χ1n) is 9.63. The number of ether oxygens (including phenoxy) is 2. The molecular formula is C20H22F4N2O5. The lowest BCUT2D eigenvalue weighted by molar-refractivity contribution is -0.192. The number of furan rings is 1. The summed E-state index contributed by atoms with van der Waals surface area (Å²) in [5, 5.41) is 7.12. The van der Waals surface area contributed by atoms with E-state index in [-0.39, 0.29) is 24.1 Å². The maximum Gasteiger partial charge on any atom is 0.490 e. The molecule has 1 N–H and O–H groups in total. The summed E-state index contributed by atoms with van der Waals surface area (Å²) >= 11 is 0. The number of aliphatic carboxylic acids is 1. The van der Waals surface area contributed by atoms with Crippen molar-refractivity contribution in [2.75, 3.05) is 13.2 Å². The van der Waals surface area contributed by atoms with Crippen LogP contribution in [0, 0.1) is 12.7 Å². The average Bonchev–Trinajstić information content (AvgIpc) is 3.30. The van der Waals surface area contributed by atoms with Gasteiger partial charge in [0.1, 0.15) is 23.7 Å². The minimum absolute atomic E-state index is 0.0591. The molecule has 0 aromatic carbocycles. The first-order valence-corrected chi connectivity index (χ1v) is 9.63. The number of alkyl halides is 3. The minimum atomic E-state index is -5.08. The van der Waals surface area contributed by atoms with Crippen molar-refractivity contribution < 1.29 is 41.4 Å². The number of rotatable bonds is 4. The quantitative estimate of drug-likeness (QED) is 0.719. The molecule has 2 aromatic heterocycles. The topological polar surface area (TPSA) is 85.0 Å². The van der Waals surface area contributed by atoms with Crippen molar-refractivity contribution in [1.82, 2.24) is 9.88 Å². The molecule has 1 aliphatic heterocycles. The number of hydrogen-bond acceptors (Lipinski definition) is 6. The van der Waals surface area contributed by atoms with E-state index in [4.69, 9.17) is 23.8 Å². The molecule has 170 valence electrons. The van der Waals surface area contributed by atoms with Crippen molar-refractivity contribution >= 4 is 5.97 Å². The van der Waals surface area contributed by atoms with Crippen LogP contribution in [0.3, 0.4) is 0 Å². The van der Waals surface area contributed by atoms with Crippen LogP contribution in [-0.2, 0) is 16.1 Å². The number of hydrogen-bond donors (Lipinski definition) is 1. The first kappa shape index (κ1) is 23.0. The summed E-state index contributed by atoms with van der Waals surface area (Å²) in [6.07, 6.45) is -1.97. The Hall–Kier alpha value is -2.66. The van der Waals surface area contributed by atoms with Crippen LogP contribution in [-0.4, -0.2) is 58.5 Å². The lowest BCUT2D eigenvalue weighted by Crippen LogP contribution is -2.51. The minimum Gasteiger partial charge on any atom is -0.475 e. The molecule has 3 atom stereocenters. The molecule has 3 heterocycles. The molecule has 2 aromatic rings. The van der Waals surface area contributed by atoms with Crippen LogP contribution in [0.2, 0.25) is 0 Å². The zero-order valence-corrected chi connectivity index (χ0v) is 16.6. The highest BCUT2D eigenvalue weighted by Gasteiger charge is 2.44. The Morgan fingerprint density at radius 1 is 1.32 bits per heavy atom. The maximum atomic E-state index is 13.8. The van der Waals surface area contributed by atoms with Gasteiger partial charge in [0.25, 0.3) is 5.88 Å². The Balaban J connectivity index is 0.000000339. The third-order valence-electron chi connectivity index (χ3n) is 5.04. The summed E-state index contributed by atoms with van der Waals surface area (Å²) in [6.45, 7) is 4.23. The number of aryl methyl sites for hydroxylation is 1. The van der Waals surface area contributed by atoms with Gasteiger partial charge < -0.3 is 19.0 Å². The van der Waals surface area contributed by atoms with Crippen LogP contribution in [0.1, 0.15) is 24.4 Å². The normalized spacial score (nSPS) is 23.6. The van der Waals surface area contributed by atoms with Crippen molar-refractivity contribution in [2.45, 2.75) is 50.7 Å². The smallest absolute Gasteiger partial charge is 0.475 e. The maximum absolute atomic E-state index is 13.8. The second-order valence-electron chi connectivity index (χ2n) is 7.21. The summed E-state index contributed by atoms with van der Waals surface area (Å²) in [5.41, 5.74) is 0. The number of pyridine rings is 1. The van der Waals surface area contributed by atoms with Crippen LogP contribution >= 0.6 is 0 Å². The van der Waals surface area contributed by atoms with Gasteiger partial charge in [0.15, 0.2) is 5.82 Å². The van der Waals surface area contributed by atoms with Gasteiger partial charge in [0.05, 0.1) is 13.2 Å². The van der Waals surface area contributed by atoms with Crippen LogP contribution in [0.15, 0.2) is 34.9 Å². The van der Waals surface area contributed by atoms with Gasteiger partial charge in [-0.2, -0.15) is 13.2 Å². The molecule has 7 nitrogen and oxygen atoms in total. The summed E-state index contributed by atoms with van der Waals surface area (Å²) in [4.78, 5) is 15.3. The van der Waals surface area contributed by atoms with E-state index < -0.39 is 18.0 Å². The Morgan fingerprint density at radius 3 is 2.68 bits per heavy atom. The van der Waals surface area contributed by atoms with Crippen molar-refractivity contribution in [1.29, 1.82) is 0 Å². The van der Waals surface area contributed by atoms with Crippen LogP contribution < -0.4 is 4.74 Å². The van der Waals surface area contributed by atoms with Gasteiger partial charge in [0, 0.05) is 18.8 Å². The summed E-state index contributed by atoms with van der Waals surface area (Å²) in [6, 6.07) is 7.19. The number of morpholine rings is 1. The molecule has 11 heteroatoms. The number of fused-ring (bicyclic) bond motifs is 1. The summed E-state index contributed by atoms with van der Waals surface area (Å²) in [5.74, 6) is -1.24. The summed E-state index contributed by atoms with van der Waals surface area (Å²) in [7, 11) is 0. The Labute approximate surface area is 175 Å². The van der Waals surface area contributed by atoms with E-state index in [0.717, 1.165) is 37.5 Å². The molecule has 1 saturated carbocycles. The Bertz CT molecular complexity index is 888. The fraction of sp³-hybridized carbons (Fsp3) is 0.500. The van der Waals surface area contributed by atoms with Gasteiger partial charge in [-0.3, -0.25) is 4.90 Å². The number of halogens is 4. The zero-order chi connectivity index (χ0) is 22.6. The number of nitrogens with zero attached hydrogens (tertiary/aromatic N) is 2.